The summed E-state index contributed by atoms with van der Waals surface area (Å²) in [4.78, 5) is 58.5. The van der Waals surface area contributed by atoms with Crippen LogP contribution in [-0.4, -0.2) is 82.8 Å². The highest BCUT2D eigenvalue weighted by molar-refractivity contribution is 5.70. The molecule has 5 unspecified atom stereocenters. The molecule has 0 aromatic heterocycles. The van der Waals surface area contributed by atoms with Gasteiger partial charge in [-0.1, -0.05) is 0 Å². The van der Waals surface area contributed by atoms with E-state index < -0.39 is 79.0 Å². The first-order chi connectivity index (χ1) is 13.8. The molecule has 0 amide bonds. The molecule has 0 heterocycles. The minimum atomic E-state index is -2.37. The van der Waals surface area contributed by atoms with Crippen LogP contribution >= 0.6 is 0 Å². The van der Waals surface area contributed by atoms with Crippen molar-refractivity contribution in [1.29, 1.82) is 0 Å². The lowest BCUT2D eigenvalue weighted by molar-refractivity contribution is -0.288. The second-order valence-corrected chi connectivity index (χ2v) is 6.75. The van der Waals surface area contributed by atoms with Crippen LogP contribution in [0.1, 0.15) is 41.0 Å². The number of aliphatic hydroxyl groups excluding tert-OH is 1. The van der Waals surface area contributed by atoms with E-state index in [4.69, 9.17) is 23.7 Å². The Bertz CT molecular complexity index is 643. The van der Waals surface area contributed by atoms with E-state index in [1.54, 1.807) is 0 Å². The van der Waals surface area contributed by atoms with Gasteiger partial charge >= 0.3 is 29.8 Å². The van der Waals surface area contributed by atoms with E-state index in [-0.39, 0.29) is 0 Å². The third-order valence-electron chi connectivity index (χ3n) is 4.23. The van der Waals surface area contributed by atoms with Gasteiger partial charge in [-0.15, -0.1) is 0 Å². The molecule has 0 bridgehead atoms. The van der Waals surface area contributed by atoms with Crippen LogP contribution in [0.5, 0.6) is 0 Å². The van der Waals surface area contributed by atoms with Gasteiger partial charge in [-0.25, -0.2) is 0 Å². The molecular weight excluding hydrogens is 408 g/mol. The Morgan fingerprint density at radius 1 is 0.633 bits per heavy atom. The van der Waals surface area contributed by atoms with Crippen LogP contribution in [-0.2, 0) is 47.7 Å². The second-order valence-electron chi connectivity index (χ2n) is 6.75. The van der Waals surface area contributed by atoms with Gasteiger partial charge in [0.15, 0.2) is 30.5 Å². The van der Waals surface area contributed by atoms with Gasteiger partial charge in [0.1, 0.15) is 5.60 Å². The molecule has 0 aliphatic heterocycles. The van der Waals surface area contributed by atoms with E-state index in [0.717, 1.165) is 34.6 Å². The third-order valence-corrected chi connectivity index (χ3v) is 4.23. The summed E-state index contributed by atoms with van der Waals surface area (Å²) in [7, 11) is 0. The van der Waals surface area contributed by atoms with Crippen LogP contribution in [0.25, 0.3) is 0 Å². The van der Waals surface area contributed by atoms with Gasteiger partial charge in [-0.05, 0) is 0 Å². The summed E-state index contributed by atoms with van der Waals surface area (Å²) in [5.74, 6) is -4.50. The Morgan fingerprint density at radius 3 is 1.20 bits per heavy atom. The zero-order chi connectivity index (χ0) is 23.2. The predicted octanol–water partition coefficient (Wildman–Crippen LogP) is -1.23. The average Bonchev–Trinajstić information content (AvgIpc) is 2.57. The number of rotatable bonds is 7. The Morgan fingerprint density at radius 2 is 0.933 bits per heavy atom. The second kappa shape index (κ2) is 10.3. The maximum Gasteiger partial charge on any atom is 0.303 e. The van der Waals surface area contributed by atoms with Gasteiger partial charge < -0.3 is 33.9 Å². The Hall–Kier alpha value is -2.73. The first-order valence-corrected chi connectivity index (χ1v) is 9.02. The number of ether oxygens (including phenoxy) is 5. The fraction of sp³-hybridized carbons (Fsp3) is 0.722. The summed E-state index contributed by atoms with van der Waals surface area (Å²) in [5.41, 5.74) is -2.37. The molecule has 0 spiro atoms. The quantitative estimate of drug-likeness (QED) is 0.361. The van der Waals surface area contributed by atoms with Crippen LogP contribution in [0.15, 0.2) is 0 Å². The van der Waals surface area contributed by atoms with Crippen molar-refractivity contribution in [3.05, 3.63) is 0 Å². The average molecular weight is 434 g/mol. The van der Waals surface area contributed by atoms with Crippen molar-refractivity contribution >= 4 is 29.8 Å². The van der Waals surface area contributed by atoms with Crippen LogP contribution in [0.2, 0.25) is 0 Å². The Labute approximate surface area is 172 Å². The monoisotopic (exact) mass is 434 g/mol. The van der Waals surface area contributed by atoms with Gasteiger partial charge in [0.05, 0.1) is 0 Å². The highest BCUT2D eigenvalue weighted by Crippen LogP contribution is 2.40. The lowest BCUT2D eigenvalue weighted by atomic mass is 9.72. The molecule has 0 radical (unpaired) electrons. The number of aliphatic hydroxyl groups is 2. The fourth-order valence-corrected chi connectivity index (χ4v) is 3.39. The van der Waals surface area contributed by atoms with Crippen LogP contribution in [0.4, 0.5) is 0 Å². The first-order valence-electron chi connectivity index (χ1n) is 9.02. The summed E-state index contributed by atoms with van der Waals surface area (Å²) >= 11 is 0. The van der Waals surface area contributed by atoms with Gasteiger partial charge in [0, 0.05) is 47.6 Å². The highest BCUT2D eigenvalue weighted by Gasteiger charge is 2.66. The van der Waals surface area contributed by atoms with E-state index in [2.05, 4.69) is 0 Å². The molecule has 1 fully saturated rings. The van der Waals surface area contributed by atoms with E-state index in [1.807, 2.05) is 0 Å². The molecule has 6 atom stereocenters. The van der Waals surface area contributed by atoms with E-state index in [1.165, 1.54) is 0 Å². The van der Waals surface area contributed by atoms with Crippen molar-refractivity contribution in [2.24, 2.45) is 0 Å². The van der Waals surface area contributed by atoms with Gasteiger partial charge in [-0.3, -0.25) is 24.0 Å². The zero-order valence-electron chi connectivity index (χ0n) is 17.3. The molecule has 12 heteroatoms. The summed E-state index contributed by atoms with van der Waals surface area (Å²) in [5, 5.41) is 20.9. The SMILES string of the molecule is CC(=O)OC1C(OC(C)=O)C(OC(C)=O)C(O)(CCO)[C@@H](OC(C)=O)C1OC(C)=O. The van der Waals surface area contributed by atoms with Crippen LogP contribution in [0.3, 0.4) is 0 Å². The molecule has 12 nitrogen and oxygen atoms in total. The molecule has 1 saturated carbocycles. The third kappa shape index (κ3) is 6.13. The molecule has 1 aliphatic carbocycles. The lowest BCUT2D eigenvalue weighted by Gasteiger charge is -2.51. The standard InChI is InChI=1S/C18H26O12/c1-8(20)26-13-14(27-9(2)21)16(29-11(4)23)18(25,6-7-19)17(30-12(5)24)15(13)28-10(3)22/h13-17,19,25H,6-7H2,1-5H3/t13?,14?,15?,16-,17?,18?/m0/s1. The van der Waals surface area contributed by atoms with Crippen molar-refractivity contribution in [3.63, 3.8) is 0 Å². The molecule has 0 aromatic carbocycles. The topological polar surface area (TPSA) is 172 Å². The summed E-state index contributed by atoms with van der Waals surface area (Å²) < 4.78 is 25.8. The number of hydrogen-bond donors (Lipinski definition) is 2. The summed E-state index contributed by atoms with van der Waals surface area (Å²) in [6.45, 7) is 4.38. The summed E-state index contributed by atoms with van der Waals surface area (Å²) in [6, 6.07) is 0. The van der Waals surface area contributed by atoms with Crippen LogP contribution in [0, 0.1) is 0 Å². The molecule has 0 saturated heterocycles. The lowest BCUT2D eigenvalue weighted by Crippen LogP contribution is -2.74. The van der Waals surface area contributed by atoms with Crippen LogP contribution < -0.4 is 0 Å². The minimum Gasteiger partial charge on any atom is -0.455 e. The molecule has 30 heavy (non-hydrogen) atoms. The number of esters is 5. The van der Waals surface area contributed by atoms with Crippen molar-refractivity contribution in [3.8, 4) is 0 Å². The zero-order valence-corrected chi connectivity index (χ0v) is 17.3. The largest absolute Gasteiger partial charge is 0.455 e. The highest BCUT2D eigenvalue weighted by atomic mass is 16.7. The van der Waals surface area contributed by atoms with Gasteiger partial charge in [0.25, 0.3) is 0 Å². The van der Waals surface area contributed by atoms with E-state index in [0.29, 0.717) is 0 Å². The number of carbonyl (C=O) groups excluding carboxylic acids is 5. The van der Waals surface area contributed by atoms with Crippen molar-refractivity contribution in [2.75, 3.05) is 6.61 Å². The number of carbonyl (C=O) groups is 5. The van der Waals surface area contributed by atoms with Crippen molar-refractivity contribution in [2.45, 2.75) is 77.2 Å². The molecule has 170 valence electrons. The smallest absolute Gasteiger partial charge is 0.303 e. The Kier molecular flexibility index (Phi) is 8.73. The van der Waals surface area contributed by atoms with E-state index >= 15 is 0 Å². The summed E-state index contributed by atoms with van der Waals surface area (Å²) in [6.07, 6.45) is -8.93. The molecule has 1 aliphatic rings. The van der Waals surface area contributed by atoms with Gasteiger partial charge in [-0.2, -0.15) is 0 Å². The minimum absolute atomic E-state index is 0.536. The molecule has 0 aromatic rings. The Balaban J connectivity index is 3.74. The normalized spacial score (nSPS) is 30.6. The van der Waals surface area contributed by atoms with E-state index in [9.17, 15) is 34.2 Å². The fourth-order valence-electron chi connectivity index (χ4n) is 3.39. The molecular formula is C18H26O12. The number of hydrogen-bond acceptors (Lipinski definition) is 12. The first kappa shape index (κ1) is 25.3. The van der Waals surface area contributed by atoms with Crippen molar-refractivity contribution in [1.82, 2.24) is 0 Å². The molecule has 2 N–H and O–H groups in total. The van der Waals surface area contributed by atoms with Crippen molar-refractivity contribution < 1.29 is 57.9 Å². The maximum atomic E-state index is 11.7. The maximum absolute atomic E-state index is 11.7. The van der Waals surface area contributed by atoms with Gasteiger partial charge in [0.2, 0.25) is 0 Å². The predicted molar refractivity (Wildman–Crippen MR) is 94.4 cm³/mol. The molecule has 1 rings (SSSR count).